The number of nitrogens with one attached hydrogen (secondary N) is 1. The number of aliphatic carboxylic acids is 1. The highest BCUT2D eigenvalue weighted by Crippen LogP contribution is 2.24. The third kappa shape index (κ3) is 5.58. The third-order valence-corrected chi connectivity index (χ3v) is 4.23. The summed E-state index contributed by atoms with van der Waals surface area (Å²) in [6.07, 6.45) is 3.06. The number of hydrogen-bond acceptors (Lipinski definition) is 3. The minimum absolute atomic E-state index is 0.0341. The number of aryl methyl sites for hydroxylation is 2. The average Bonchev–Trinajstić information content (AvgIpc) is 2.46. The molecule has 0 saturated heterocycles. The van der Waals surface area contributed by atoms with E-state index < -0.39 is 5.97 Å². The number of amides is 1. The van der Waals surface area contributed by atoms with Crippen LogP contribution < -0.4 is 10.1 Å². The smallest absolute Gasteiger partial charge is 0.306 e. The van der Waals surface area contributed by atoms with Crippen LogP contribution >= 0.6 is 0 Å². The molecule has 2 N–H and O–H groups in total. The Morgan fingerprint density at radius 1 is 1.13 bits per heavy atom. The van der Waals surface area contributed by atoms with Crippen LogP contribution in [0.3, 0.4) is 0 Å². The van der Waals surface area contributed by atoms with E-state index in [1.54, 1.807) is 0 Å². The number of hydrogen-bond donors (Lipinski definition) is 2. The lowest BCUT2D eigenvalue weighted by atomic mass is 9.86. The van der Waals surface area contributed by atoms with E-state index in [0.717, 1.165) is 29.7 Å². The van der Waals surface area contributed by atoms with Crippen molar-refractivity contribution in [3.8, 4) is 5.75 Å². The Morgan fingerprint density at radius 3 is 2.30 bits per heavy atom. The SMILES string of the molecule is Cc1cc(C)cc(OCCC(=O)NC2CCC(C(=O)O)CC2)c1. The topological polar surface area (TPSA) is 75.6 Å². The predicted molar refractivity (Wildman–Crippen MR) is 87.6 cm³/mol. The normalized spacial score (nSPS) is 20.8. The summed E-state index contributed by atoms with van der Waals surface area (Å²) in [4.78, 5) is 22.8. The molecule has 126 valence electrons. The zero-order valence-electron chi connectivity index (χ0n) is 13.8. The Hall–Kier alpha value is -2.04. The Labute approximate surface area is 137 Å². The molecule has 1 aromatic rings. The van der Waals surface area contributed by atoms with Crippen LogP contribution in [0.25, 0.3) is 0 Å². The van der Waals surface area contributed by atoms with Crippen molar-refractivity contribution in [1.29, 1.82) is 0 Å². The molecule has 0 radical (unpaired) electrons. The van der Waals surface area contributed by atoms with E-state index in [-0.39, 0.29) is 17.9 Å². The predicted octanol–water partition coefficient (Wildman–Crippen LogP) is 2.83. The first-order valence-corrected chi connectivity index (χ1v) is 8.17. The van der Waals surface area contributed by atoms with Gasteiger partial charge in [-0.15, -0.1) is 0 Å². The monoisotopic (exact) mass is 319 g/mol. The maximum atomic E-state index is 11.9. The fraction of sp³-hybridized carbons (Fsp3) is 0.556. The van der Waals surface area contributed by atoms with Crippen LogP contribution in [-0.4, -0.2) is 29.6 Å². The minimum Gasteiger partial charge on any atom is -0.493 e. The second kappa shape index (κ2) is 7.99. The quantitative estimate of drug-likeness (QED) is 0.845. The maximum Gasteiger partial charge on any atom is 0.306 e. The standard InChI is InChI=1S/C18H25NO4/c1-12-9-13(2)11-16(10-12)23-8-7-17(20)19-15-5-3-14(4-6-15)18(21)22/h9-11,14-15H,3-8H2,1-2H3,(H,19,20)(H,21,22). The molecule has 0 aromatic heterocycles. The van der Waals surface area contributed by atoms with Gasteiger partial charge in [-0.1, -0.05) is 6.07 Å². The Morgan fingerprint density at radius 2 is 1.74 bits per heavy atom. The van der Waals surface area contributed by atoms with Crippen LogP contribution in [0.5, 0.6) is 5.75 Å². The second-order valence-electron chi connectivity index (χ2n) is 6.38. The highest BCUT2D eigenvalue weighted by Gasteiger charge is 2.26. The zero-order valence-corrected chi connectivity index (χ0v) is 13.8. The molecule has 0 spiro atoms. The first kappa shape index (κ1) is 17.3. The van der Waals surface area contributed by atoms with Gasteiger partial charge in [0.2, 0.25) is 5.91 Å². The Bertz CT molecular complexity index is 542. The second-order valence-corrected chi connectivity index (χ2v) is 6.38. The molecule has 0 heterocycles. The first-order valence-electron chi connectivity index (χ1n) is 8.17. The van der Waals surface area contributed by atoms with E-state index in [1.807, 2.05) is 26.0 Å². The molecular weight excluding hydrogens is 294 g/mol. The molecule has 1 aliphatic carbocycles. The van der Waals surface area contributed by atoms with Crippen LogP contribution in [0.2, 0.25) is 0 Å². The number of ether oxygens (including phenoxy) is 1. The van der Waals surface area contributed by atoms with Gasteiger partial charge in [0.25, 0.3) is 0 Å². The molecule has 0 aliphatic heterocycles. The van der Waals surface area contributed by atoms with Crippen molar-refractivity contribution in [1.82, 2.24) is 5.32 Å². The summed E-state index contributed by atoms with van der Waals surface area (Å²) in [7, 11) is 0. The van der Waals surface area contributed by atoms with Crippen molar-refractivity contribution in [3.05, 3.63) is 29.3 Å². The molecule has 1 fully saturated rings. The van der Waals surface area contributed by atoms with Gasteiger partial charge in [-0.3, -0.25) is 9.59 Å². The Kier molecular flexibility index (Phi) is 6.02. The first-order chi connectivity index (χ1) is 10.9. The van der Waals surface area contributed by atoms with Crippen molar-refractivity contribution < 1.29 is 19.4 Å². The summed E-state index contributed by atoms with van der Waals surface area (Å²) < 4.78 is 5.64. The summed E-state index contributed by atoms with van der Waals surface area (Å²) >= 11 is 0. The van der Waals surface area contributed by atoms with Gasteiger partial charge < -0.3 is 15.2 Å². The van der Waals surface area contributed by atoms with Crippen LogP contribution in [-0.2, 0) is 9.59 Å². The van der Waals surface area contributed by atoms with Crippen LogP contribution in [0.15, 0.2) is 18.2 Å². The van der Waals surface area contributed by atoms with E-state index in [1.165, 1.54) is 0 Å². The van der Waals surface area contributed by atoms with E-state index >= 15 is 0 Å². The van der Waals surface area contributed by atoms with Crippen molar-refractivity contribution >= 4 is 11.9 Å². The van der Waals surface area contributed by atoms with E-state index in [9.17, 15) is 9.59 Å². The lowest BCUT2D eigenvalue weighted by Crippen LogP contribution is -2.39. The number of carbonyl (C=O) groups excluding carboxylic acids is 1. The molecule has 5 nitrogen and oxygen atoms in total. The van der Waals surface area contributed by atoms with E-state index in [0.29, 0.717) is 25.9 Å². The van der Waals surface area contributed by atoms with Gasteiger partial charge in [-0.25, -0.2) is 0 Å². The molecule has 1 amide bonds. The van der Waals surface area contributed by atoms with Gasteiger partial charge in [0, 0.05) is 6.04 Å². The number of carbonyl (C=O) groups is 2. The van der Waals surface area contributed by atoms with E-state index in [2.05, 4.69) is 11.4 Å². The van der Waals surface area contributed by atoms with Gasteiger partial charge in [-0.05, 0) is 62.8 Å². The summed E-state index contributed by atoms with van der Waals surface area (Å²) in [5.74, 6) is -0.224. The molecule has 0 unspecified atom stereocenters. The molecule has 1 aliphatic rings. The summed E-state index contributed by atoms with van der Waals surface area (Å²) in [6, 6.07) is 6.09. The number of rotatable bonds is 6. The lowest BCUT2D eigenvalue weighted by molar-refractivity contribution is -0.142. The van der Waals surface area contributed by atoms with Crippen LogP contribution in [0.4, 0.5) is 0 Å². The van der Waals surface area contributed by atoms with E-state index in [4.69, 9.17) is 9.84 Å². The van der Waals surface area contributed by atoms with Gasteiger partial charge >= 0.3 is 5.97 Å². The van der Waals surface area contributed by atoms with Gasteiger partial charge in [0.05, 0.1) is 18.9 Å². The van der Waals surface area contributed by atoms with Crippen molar-refractivity contribution in [2.45, 2.75) is 52.0 Å². The molecule has 0 bridgehead atoms. The summed E-state index contributed by atoms with van der Waals surface area (Å²) in [5.41, 5.74) is 2.28. The highest BCUT2D eigenvalue weighted by atomic mass is 16.5. The van der Waals surface area contributed by atoms with Crippen molar-refractivity contribution in [2.24, 2.45) is 5.92 Å². The van der Waals surface area contributed by atoms with Gasteiger partial charge in [0.1, 0.15) is 5.75 Å². The molecule has 0 atom stereocenters. The minimum atomic E-state index is -0.725. The molecule has 1 aromatic carbocycles. The van der Waals surface area contributed by atoms with Crippen LogP contribution in [0.1, 0.15) is 43.2 Å². The molecule has 23 heavy (non-hydrogen) atoms. The molecule has 5 heteroatoms. The molecular formula is C18H25NO4. The Balaban J connectivity index is 1.68. The maximum absolute atomic E-state index is 11.9. The largest absolute Gasteiger partial charge is 0.493 e. The zero-order chi connectivity index (χ0) is 16.8. The fourth-order valence-corrected chi connectivity index (χ4v) is 3.06. The lowest BCUT2D eigenvalue weighted by Gasteiger charge is -2.26. The van der Waals surface area contributed by atoms with Crippen molar-refractivity contribution in [3.63, 3.8) is 0 Å². The van der Waals surface area contributed by atoms with Gasteiger partial charge in [0.15, 0.2) is 0 Å². The fourth-order valence-electron chi connectivity index (χ4n) is 3.06. The highest BCUT2D eigenvalue weighted by molar-refractivity contribution is 5.76. The van der Waals surface area contributed by atoms with Gasteiger partial charge in [-0.2, -0.15) is 0 Å². The third-order valence-electron chi connectivity index (χ3n) is 4.23. The number of carboxylic acids is 1. The summed E-state index contributed by atoms with van der Waals surface area (Å²) in [6.45, 7) is 4.37. The average molecular weight is 319 g/mol. The molecule has 2 rings (SSSR count). The van der Waals surface area contributed by atoms with Crippen molar-refractivity contribution in [2.75, 3.05) is 6.61 Å². The number of benzene rings is 1. The van der Waals surface area contributed by atoms with Crippen LogP contribution in [0, 0.1) is 19.8 Å². The number of carboxylic acid groups (broad SMARTS) is 1. The summed E-state index contributed by atoms with van der Waals surface area (Å²) in [5, 5.41) is 11.9. The molecule has 1 saturated carbocycles.